The van der Waals surface area contributed by atoms with E-state index in [1.54, 1.807) is 5.38 Å². The van der Waals surface area contributed by atoms with E-state index in [0.29, 0.717) is 12.3 Å². The third kappa shape index (κ3) is 5.04. The third-order valence-electron chi connectivity index (χ3n) is 3.56. The molecule has 23 heavy (non-hydrogen) atoms. The molecule has 0 atom stereocenters. The fraction of sp³-hybridized carbons (Fsp3) is 0.412. The molecule has 0 unspecified atom stereocenters. The van der Waals surface area contributed by atoms with E-state index in [1.807, 2.05) is 24.3 Å². The molecular formula is C17H22N2O3S. The van der Waals surface area contributed by atoms with Crippen LogP contribution in [0.15, 0.2) is 29.6 Å². The van der Waals surface area contributed by atoms with Crippen LogP contribution in [-0.4, -0.2) is 47.2 Å². The van der Waals surface area contributed by atoms with Crippen molar-refractivity contribution in [1.29, 1.82) is 0 Å². The van der Waals surface area contributed by atoms with Gasteiger partial charge in [-0.3, -0.25) is 4.79 Å². The van der Waals surface area contributed by atoms with Gasteiger partial charge in [0.15, 0.2) is 0 Å². The summed E-state index contributed by atoms with van der Waals surface area (Å²) in [4.78, 5) is 17.5. The number of carbonyl (C=O) groups is 1. The highest BCUT2D eigenvalue weighted by Crippen LogP contribution is 2.32. The molecule has 0 aliphatic heterocycles. The molecule has 1 heterocycles. The maximum atomic E-state index is 10.8. The molecule has 1 aromatic carbocycles. The number of para-hydroxylation sites is 1. The van der Waals surface area contributed by atoms with E-state index in [0.717, 1.165) is 36.0 Å². The lowest BCUT2D eigenvalue weighted by atomic mass is 10.2. The van der Waals surface area contributed by atoms with Gasteiger partial charge in [-0.05, 0) is 25.2 Å². The quantitative estimate of drug-likeness (QED) is 0.763. The van der Waals surface area contributed by atoms with Crippen molar-refractivity contribution in [2.45, 2.75) is 20.3 Å². The van der Waals surface area contributed by atoms with Crippen molar-refractivity contribution in [3.8, 4) is 16.3 Å². The second-order valence-electron chi connectivity index (χ2n) is 5.09. The molecule has 0 radical (unpaired) electrons. The van der Waals surface area contributed by atoms with Gasteiger partial charge < -0.3 is 14.7 Å². The second-order valence-corrected chi connectivity index (χ2v) is 5.94. The molecule has 0 aliphatic rings. The smallest absolute Gasteiger partial charge is 0.309 e. The Bertz CT molecular complexity index is 638. The standard InChI is InChI=1S/C17H22N2O3S/c1-3-19(4-2)9-10-22-15-8-6-5-7-14(15)17-18-13(12-23-17)11-16(20)21/h5-8,12H,3-4,9-11H2,1-2H3,(H,20,21). The van der Waals surface area contributed by atoms with Gasteiger partial charge in [0.2, 0.25) is 0 Å². The van der Waals surface area contributed by atoms with Crippen molar-refractivity contribution in [2.75, 3.05) is 26.2 Å². The maximum Gasteiger partial charge on any atom is 0.309 e. The van der Waals surface area contributed by atoms with Crippen LogP contribution in [0.5, 0.6) is 5.75 Å². The van der Waals surface area contributed by atoms with Gasteiger partial charge >= 0.3 is 5.97 Å². The summed E-state index contributed by atoms with van der Waals surface area (Å²) in [6.07, 6.45) is -0.0541. The van der Waals surface area contributed by atoms with Gasteiger partial charge in [-0.2, -0.15) is 0 Å². The summed E-state index contributed by atoms with van der Waals surface area (Å²) in [5, 5.41) is 11.4. The fourth-order valence-electron chi connectivity index (χ4n) is 2.26. The lowest BCUT2D eigenvalue weighted by molar-refractivity contribution is -0.136. The van der Waals surface area contributed by atoms with Gasteiger partial charge in [-0.15, -0.1) is 11.3 Å². The Morgan fingerprint density at radius 3 is 2.74 bits per heavy atom. The van der Waals surface area contributed by atoms with Crippen molar-refractivity contribution in [3.63, 3.8) is 0 Å². The second kappa shape index (κ2) is 8.64. The molecule has 2 aromatic rings. The molecular weight excluding hydrogens is 312 g/mol. The number of aromatic nitrogens is 1. The number of likely N-dealkylation sites (N-methyl/N-ethyl adjacent to an activating group) is 1. The highest BCUT2D eigenvalue weighted by Gasteiger charge is 2.12. The van der Waals surface area contributed by atoms with Crippen LogP contribution in [0, 0.1) is 0 Å². The van der Waals surface area contributed by atoms with Gasteiger partial charge in [0, 0.05) is 11.9 Å². The monoisotopic (exact) mass is 334 g/mol. The summed E-state index contributed by atoms with van der Waals surface area (Å²) in [5.41, 5.74) is 1.49. The Morgan fingerprint density at radius 2 is 2.04 bits per heavy atom. The molecule has 5 nitrogen and oxygen atoms in total. The number of ether oxygens (including phenoxy) is 1. The highest BCUT2D eigenvalue weighted by atomic mass is 32.1. The number of carboxylic acids is 1. The van der Waals surface area contributed by atoms with E-state index >= 15 is 0 Å². The zero-order chi connectivity index (χ0) is 16.7. The number of rotatable bonds is 9. The summed E-state index contributed by atoms with van der Waals surface area (Å²) < 4.78 is 5.92. The first kappa shape index (κ1) is 17.4. The van der Waals surface area contributed by atoms with Gasteiger partial charge in [0.05, 0.1) is 17.7 Å². The average molecular weight is 334 g/mol. The number of nitrogens with zero attached hydrogens (tertiary/aromatic N) is 2. The predicted octanol–water partition coefficient (Wildman–Crippen LogP) is 3.16. The molecule has 1 N–H and O–H groups in total. The normalized spacial score (nSPS) is 10.9. The van der Waals surface area contributed by atoms with Crippen LogP contribution in [0.2, 0.25) is 0 Å². The van der Waals surface area contributed by atoms with Crippen molar-refractivity contribution < 1.29 is 14.6 Å². The molecule has 0 aliphatic carbocycles. The van der Waals surface area contributed by atoms with Crippen LogP contribution < -0.4 is 4.74 Å². The van der Waals surface area contributed by atoms with Crippen molar-refractivity contribution in [2.24, 2.45) is 0 Å². The van der Waals surface area contributed by atoms with Crippen LogP contribution in [0.3, 0.4) is 0 Å². The Labute approximate surface area is 140 Å². The number of benzene rings is 1. The van der Waals surface area contributed by atoms with E-state index in [9.17, 15) is 4.79 Å². The summed E-state index contributed by atoms with van der Waals surface area (Å²) in [6, 6.07) is 7.75. The molecule has 0 amide bonds. The zero-order valence-electron chi connectivity index (χ0n) is 13.5. The van der Waals surface area contributed by atoms with Crippen molar-refractivity contribution in [1.82, 2.24) is 9.88 Å². The number of carboxylic acid groups (broad SMARTS) is 1. The number of aliphatic carboxylic acids is 1. The minimum absolute atomic E-state index is 0.0541. The van der Waals surface area contributed by atoms with E-state index in [2.05, 4.69) is 23.7 Å². The third-order valence-corrected chi connectivity index (χ3v) is 4.49. The number of hydrogen-bond donors (Lipinski definition) is 1. The molecule has 1 aromatic heterocycles. The summed E-state index contributed by atoms with van der Waals surface area (Å²) in [6.45, 7) is 7.78. The first-order chi connectivity index (χ1) is 11.1. The Balaban J connectivity index is 2.08. The lowest BCUT2D eigenvalue weighted by Crippen LogP contribution is -2.27. The van der Waals surface area contributed by atoms with Gasteiger partial charge in [-0.25, -0.2) is 4.98 Å². The van der Waals surface area contributed by atoms with Gasteiger partial charge in [0.25, 0.3) is 0 Å². The van der Waals surface area contributed by atoms with E-state index < -0.39 is 5.97 Å². The molecule has 0 saturated carbocycles. The molecule has 0 saturated heterocycles. The van der Waals surface area contributed by atoms with E-state index in [1.165, 1.54) is 11.3 Å². The summed E-state index contributed by atoms with van der Waals surface area (Å²) >= 11 is 1.44. The predicted molar refractivity (Wildman–Crippen MR) is 92.2 cm³/mol. The fourth-order valence-corrected chi connectivity index (χ4v) is 3.11. The van der Waals surface area contributed by atoms with Gasteiger partial charge in [-0.1, -0.05) is 26.0 Å². The van der Waals surface area contributed by atoms with E-state index in [4.69, 9.17) is 9.84 Å². The van der Waals surface area contributed by atoms with Crippen LogP contribution in [0.25, 0.3) is 10.6 Å². The topological polar surface area (TPSA) is 62.7 Å². The SMILES string of the molecule is CCN(CC)CCOc1ccccc1-c1nc(CC(=O)O)cs1. The molecule has 2 rings (SSSR count). The minimum Gasteiger partial charge on any atom is -0.492 e. The first-order valence-corrected chi connectivity index (χ1v) is 8.62. The number of hydrogen-bond acceptors (Lipinski definition) is 5. The lowest BCUT2D eigenvalue weighted by Gasteiger charge is -2.18. The average Bonchev–Trinajstić information content (AvgIpc) is 2.99. The van der Waals surface area contributed by atoms with Crippen LogP contribution >= 0.6 is 11.3 Å². The zero-order valence-corrected chi connectivity index (χ0v) is 14.3. The molecule has 0 fully saturated rings. The molecule has 6 heteroatoms. The van der Waals surface area contributed by atoms with E-state index in [-0.39, 0.29) is 6.42 Å². The first-order valence-electron chi connectivity index (χ1n) is 7.74. The van der Waals surface area contributed by atoms with Crippen molar-refractivity contribution in [3.05, 3.63) is 35.3 Å². The molecule has 0 spiro atoms. The Morgan fingerprint density at radius 1 is 1.30 bits per heavy atom. The van der Waals surface area contributed by atoms with Crippen LogP contribution in [0.4, 0.5) is 0 Å². The summed E-state index contributed by atoms with van der Waals surface area (Å²) in [5.74, 6) is -0.0820. The highest BCUT2D eigenvalue weighted by molar-refractivity contribution is 7.13. The Hall–Kier alpha value is -1.92. The largest absolute Gasteiger partial charge is 0.492 e. The number of thiazole rings is 1. The van der Waals surface area contributed by atoms with Crippen LogP contribution in [-0.2, 0) is 11.2 Å². The maximum absolute atomic E-state index is 10.8. The van der Waals surface area contributed by atoms with Gasteiger partial charge in [0.1, 0.15) is 17.4 Å². The molecule has 0 bridgehead atoms. The molecule has 124 valence electrons. The Kier molecular flexibility index (Phi) is 6.55. The van der Waals surface area contributed by atoms with Crippen molar-refractivity contribution >= 4 is 17.3 Å². The summed E-state index contributed by atoms with van der Waals surface area (Å²) in [7, 11) is 0. The minimum atomic E-state index is -0.870. The van der Waals surface area contributed by atoms with Crippen LogP contribution in [0.1, 0.15) is 19.5 Å².